The molecule has 0 aliphatic rings. The Morgan fingerprint density at radius 3 is 2.59 bits per heavy atom. The van der Waals surface area contributed by atoms with Crippen LogP contribution < -0.4 is 26.6 Å². The van der Waals surface area contributed by atoms with E-state index in [1.54, 1.807) is 18.3 Å². The lowest BCUT2D eigenvalue weighted by Gasteiger charge is -2.13. The van der Waals surface area contributed by atoms with E-state index in [2.05, 4.69) is 31.1 Å². The third kappa shape index (κ3) is 4.82. The van der Waals surface area contributed by atoms with Crippen LogP contribution in [0, 0.1) is 6.92 Å². The fourth-order valence-electron chi connectivity index (χ4n) is 2.15. The van der Waals surface area contributed by atoms with Gasteiger partial charge in [0.05, 0.1) is 0 Å². The molecule has 0 radical (unpaired) electrons. The number of amides is 1. The molecule has 0 saturated carbocycles. The molecule has 2 aromatic heterocycles. The lowest BCUT2D eigenvalue weighted by Crippen LogP contribution is -2.34. The lowest BCUT2D eigenvalue weighted by atomic mass is 10.3. The minimum atomic E-state index is -0.382. The van der Waals surface area contributed by atoms with Crippen molar-refractivity contribution in [3.8, 4) is 5.75 Å². The molecule has 0 spiro atoms. The molecular weight excluding hydrogens is 346 g/mol. The second-order valence-corrected chi connectivity index (χ2v) is 5.55. The summed E-state index contributed by atoms with van der Waals surface area (Å²) in [5, 5.41) is 3.05. The molecular formula is C18H19N7O2. The molecule has 0 aliphatic carbocycles. The number of rotatable bonds is 7. The van der Waals surface area contributed by atoms with E-state index >= 15 is 0 Å². The maximum atomic E-state index is 11.9. The van der Waals surface area contributed by atoms with Crippen molar-refractivity contribution in [3.05, 3.63) is 60.6 Å². The van der Waals surface area contributed by atoms with Gasteiger partial charge in [0.25, 0.3) is 5.91 Å². The van der Waals surface area contributed by atoms with Gasteiger partial charge in [-0.1, -0.05) is 24.3 Å². The molecule has 0 aliphatic heterocycles. The summed E-state index contributed by atoms with van der Waals surface area (Å²) in [6, 6.07) is 12.8. The zero-order valence-corrected chi connectivity index (χ0v) is 14.6. The van der Waals surface area contributed by atoms with E-state index in [0.29, 0.717) is 17.4 Å². The number of hydrogen-bond acceptors (Lipinski definition) is 8. The van der Waals surface area contributed by atoms with Crippen molar-refractivity contribution in [1.82, 2.24) is 20.4 Å². The fourth-order valence-corrected chi connectivity index (χ4v) is 2.15. The van der Waals surface area contributed by atoms with Gasteiger partial charge in [-0.05, 0) is 30.7 Å². The van der Waals surface area contributed by atoms with Crippen LogP contribution in [0.5, 0.6) is 5.75 Å². The number of pyridine rings is 1. The normalized spacial score (nSPS) is 10.1. The molecule has 9 nitrogen and oxygen atoms in total. The largest absolute Gasteiger partial charge is 0.484 e. The minimum Gasteiger partial charge on any atom is -0.484 e. The average molecular weight is 365 g/mol. The molecule has 3 aromatic rings. The Bertz CT molecular complexity index is 919. The second kappa shape index (κ2) is 8.48. The maximum absolute atomic E-state index is 11.9. The molecule has 0 saturated heterocycles. The molecule has 0 bridgehead atoms. The highest BCUT2D eigenvalue weighted by Gasteiger charge is 2.11. The first-order valence-corrected chi connectivity index (χ1v) is 8.15. The minimum absolute atomic E-state index is 0.153. The number of benzene rings is 1. The van der Waals surface area contributed by atoms with Gasteiger partial charge in [0, 0.05) is 6.20 Å². The van der Waals surface area contributed by atoms with E-state index in [-0.39, 0.29) is 24.0 Å². The van der Waals surface area contributed by atoms with Gasteiger partial charge in [-0.25, -0.2) is 15.0 Å². The Morgan fingerprint density at radius 1 is 1.04 bits per heavy atom. The van der Waals surface area contributed by atoms with Crippen molar-refractivity contribution in [2.75, 3.05) is 23.1 Å². The summed E-state index contributed by atoms with van der Waals surface area (Å²) < 4.78 is 5.37. The number of carbonyl (C=O) groups is 1. The Labute approximate surface area is 156 Å². The zero-order chi connectivity index (χ0) is 19.1. The number of carbonyl (C=O) groups excluding carboxylic acids is 1. The molecule has 0 atom stereocenters. The van der Waals surface area contributed by atoms with Crippen LogP contribution in [-0.4, -0.2) is 27.5 Å². The summed E-state index contributed by atoms with van der Waals surface area (Å²) >= 11 is 0. The van der Waals surface area contributed by atoms with Gasteiger partial charge in [-0.15, -0.1) is 0 Å². The fraction of sp³-hybridized carbons (Fsp3) is 0.111. The average Bonchev–Trinajstić information content (AvgIpc) is 2.69. The number of para-hydroxylation sites is 1. The molecule has 3 rings (SSSR count). The number of hydrazine groups is 1. The molecule has 0 unspecified atom stereocenters. The highest BCUT2D eigenvalue weighted by Crippen LogP contribution is 2.25. The van der Waals surface area contributed by atoms with Crippen LogP contribution in [0.25, 0.3) is 0 Å². The number of anilines is 4. The summed E-state index contributed by atoms with van der Waals surface area (Å²) in [6.45, 7) is 1.76. The second-order valence-electron chi connectivity index (χ2n) is 5.55. The van der Waals surface area contributed by atoms with Crippen molar-refractivity contribution in [1.29, 1.82) is 0 Å². The predicted molar refractivity (Wildman–Crippen MR) is 102 cm³/mol. The van der Waals surface area contributed by atoms with Gasteiger partial charge in [-0.2, -0.15) is 0 Å². The van der Waals surface area contributed by atoms with Crippen LogP contribution in [0.15, 0.2) is 55.0 Å². The quantitative estimate of drug-likeness (QED) is 0.468. The highest BCUT2D eigenvalue weighted by molar-refractivity contribution is 5.82. The standard InChI is InChI=1S/C18H19N7O2/c1-12-6-5-9-20-16(12)23-17-15(19)18(22-11-21-17)25-24-14(26)10-27-13-7-3-2-4-8-13/h2-9,11H,10,19H2,1H3,(H,24,26)(H2,20,21,22,23,25). The molecule has 0 fully saturated rings. The number of nitrogen functional groups attached to an aromatic ring is 1. The van der Waals surface area contributed by atoms with E-state index in [4.69, 9.17) is 10.5 Å². The number of nitrogens with one attached hydrogen (secondary N) is 3. The van der Waals surface area contributed by atoms with Crippen LogP contribution in [-0.2, 0) is 4.79 Å². The molecule has 27 heavy (non-hydrogen) atoms. The van der Waals surface area contributed by atoms with E-state index in [9.17, 15) is 4.79 Å². The number of aromatic nitrogens is 3. The first-order valence-electron chi connectivity index (χ1n) is 8.15. The highest BCUT2D eigenvalue weighted by atomic mass is 16.5. The van der Waals surface area contributed by atoms with E-state index < -0.39 is 0 Å². The smallest absolute Gasteiger partial charge is 0.276 e. The maximum Gasteiger partial charge on any atom is 0.276 e. The monoisotopic (exact) mass is 365 g/mol. The molecule has 1 aromatic carbocycles. The van der Waals surface area contributed by atoms with Gasteiger partial charge in [0.1, 0.15) is 23.6 Å². The summed E-state index contributed by atoms with van der Waals surface area (Å²) in [7, 11) is 0. The lowest BCUT2D eigenvalue weighted by molar-refractivity contribution is -0.122. The Morgan fingerprint density at radius 2 is 1.81 bits per heavy atom. The summed E-state index contributed by atoms with van der Waals surface area (Å²) in [5.41, 5.74) is 12.4. The third-order valence-corrected chi connectivity index (χ3v) is 3.56. The number of ether oxygens (including phenoxy) is 1. The van der Waals surface area contributed by atoms with Gasteiger partial charge in [-0.3, -0.25) is 15.6 Å². The predicted octanol–water partition coefficient (Wildman–Crippen LogP) is 2.03. The molecule has 1 amide bonds. The van der Waals surface area contributed by atoms with Crippen molar-refractivity contribution in [2.45, 2.75) is 6.92 Å². The van der Waals surface area contributed by atoms with E-state index in [1.165, 1.54) is 6.33 Å². The summed E-state index contributed by atoms with van der Waals surface area (Å²) in [6.07, 6.45) is 2.99. The van der Waals surface area contributed by atoms with E-state index in [0.717, 1.165) is 5.56 Å². The van der Waals surface area contributed by atoms with Crippen molar-refractivity contribution < 1.29 is 9.53 Å². The van der Waals surface area contributed by atoms with Crippen LogP contribution in [0.3, 0.4) is 0 Å². The third-order valence-electron chi connectivity index (χ3n) is 3.56. The van der Waals surface area contributed by atoms with Crippen molar-refractivity contribution in [3.63, 3.8) is 0 Å². The molecule has 138 valence electrons. The van der Waals surface area contributed by atoms with Crippen molar-refractivity contribution >= 4 is 29.0 Å². The number of nitrogens with zero attached hydrogens (tertiary/aromatic N) is 3. The first-order chi connectivity index (χ1) is 13.1. The Kier molecular flexibility index (Phi) is 5.63. The zero-order valence-electron chi connectivity index (χ0n) is 14.6. The number of hydrogen-bond donors (Lipinski definition) is 4. The van der Waals surface area contributed by atoms with Gasteiger partial charge < -0.3 is 15.8 Å². The first kappa shape index (κ1) is 17.9. The summed E-state index contributed by atoms with van der Waals surface area (Å²) in [5.74, 6) is 1.49. The molecule has 5 N–H and O–H groups in total. The van der Waals surface area contributed by atoms with E-state index in [1.807, 2.05) is 37.3 Å². The van der Waals surface area contributed by atoms with Gasteiger partial charge in [0.15, 0.2) is 18.2 Å². The number of nitrogens with two attached hydrogens (primary N) is 1. The van der Waals surface area contributed by atoms with Crippen LogP contribution in [0.1, 0.15) is 5.56 Å². The Hall–Kier alpha value is -3.88. The topological polar surface area (TPSA) is 127 Å². The summed E-state index contributed by atoms with van der Waals surface area (Å²) in [4.78, 5) is 24.3. The number of aryl methyl sites for hydroxylation is 1. The van der Waals surface area contributed by atoms with Crippen LogP contribution >= 0.6 is 0 Å². The van der Waals surface area contributed by atoms with Gasteiger partial charge in [0.2, 0.25) is 0 Å². The van der Waals surface area contributed by atoms with Crippen molar-refractivity contribution in [2.24, 2.45) is 0 Å². The molecule has 2 heterocycles. The Balaban J connectivity index is 1.59. The van der Waals surface area contributed by atoms with Crippen LogP contribution in [0.4, 0.5) is 23.1 Å². The SMILES string of the molecule is Cc1cccnc1Nc1ncnc(NNC(=O)COc2ccccc2)c1N. The molecule has 9 heteroatoms. The van der Waals surface area contributed by atoms with Gasteiger partial charge >= 0.3 is 0 Å². The van der Waals surface area contributed by atoms with Crippen LogP contribution in [0.2, 0.25) is 0 Å².